The topological polar surface area (TPSA) is 47.2 Å². The smallest absolute Gasteiger partial charge is 0.279 e. The molecule has 0 unspecified atom stereocenters. The standard InChI is InChI=1S/C23H31N3O2/c1-3-20-9-7-8-19(2)23(20)24-22(27)18-26-14-12-25(13-15-26)16-17-28-21-10-5-4-6-11-21/h4-11H,3,12-18H2,1-2H3,(H,24,27)/p+2. The molecule has 2 aromatic rings. The van der Waals surface area contributed by atoms with E-state index in [4.69, 9.17) is 4.74 Å². The number of para-hydroxylation sites is 2. The van der Waals surface area contributed by atoms with E-state index in [1.54, 1.807) is 4.90 Å². The first-order valence-electron chi connectivity index (χ1n) is 10.4. The first kappa shape index (κ1) is 20.4. The number of rotatable bonds is 8. The predicted octanol–water partition coefficient (Wildman–Crippen LogP) is 0.358. The van der Waals surface area contributed by atoms with Crippen molar-refractivity contribution >= 4 is 11.6 Å². The van der Waals surface area contributed by atoms with E-state index in [2.05, 4.69) is 37.4 Å². The molecule has 1 saturated heterocycles. The third-order valence-corrected chi connectivity index (χ3v) is 5.55. The van der Waals surface area contributed by atoms with Gasteiger partial charge in [-0.3, -0.25) is 4.79 Å². The molecule has 0 aromatic heterocycles. The van der Waals surface area contributed by atoms with Gasteiger partial charge < -0.3 is 19.9 Å². The molecule has 5 nitrogen and oxygen atoms in total. The quantitative estimate of drug-likeness (QED) is 0.616. The lowest BCUT2D eigenvalue weighted by Gasteiger charge is -2.29. The molecule has 0 atom stereocenters. The lowest BCUT2D eigenvalue weighted by atomic mass is 10.1. The molecule has 1 aliphatic rings. The van der Waals surface area contributed by atoms with Crippen LogP contribution in [0.2, 0.25) is 0 Å². The highest BCUT2D eigenvalue weighted by molar-refractivity contribution is 5.93. The Balaban J connectivity index is 1.39. The summed E-state index contributed by atoms with van der Waals surface area (Å²) in [5.74, 6) is 1.06. The Bertz CT molecular complexity index is 756. The van der Waals surface area contributed by atoms with Crippen LogP contribution in [0.5, 0.6) is 5.75 Å². The summed E-state index contributed by atoms with van der Waals surface area (Å²) in [6, 6.07) is 16.2. The Morgan fingerprint density at radius 2 is 1.71 bits per heavy atom. The van der Waals surface area contributed by atoms with Gasteiger partial charge in [-0.15, -0.1) is 0 Å². The summed E-state index contributed by atoms with van der Waals surface area (Å²) in [4.78, 5) is 15.5. The largest absolute Gasteiger partial charge is 0.488 e. The van der Waals surface area contributed by atoms with Crippen LogP contribution in [0.3, 0.4) is 0 Å². The summed E-state index contributed by atoms with van der Waals surface area (Å²) in [6.07, 6.45) is 0.928. The average molecular weight is 384 g/mol. The minimum absolute atomic E-state index is 0.120. The molecule has 0 radical (unpaired) electrons. The van der Waals surface area contributed by atoms with Crippen LogP contribution in [-0.2, 0) is 11.2 Å². The number of nitrogens with one attached hydrogen (secondary N) is 3. The second kappa shape index (κ2) is 10.2. The summed E-state index contributed by atoms with van der Waals surface area (Å²) < 4.78 is 5.81. The van der Waals surface area contributed by atoms with Gasteiger partial charge in [-0.05, 0) is 36.6 Å². The van der Waals surface area contributed by atoms with Gasteiger partial charge in [-0.2, -0.15) is 0 Å². The number of ether oxygens (including phenoxy) is 1. The highest BCUT2D eigenvalue weighted by atomic mass is 16.5. The summed E-state index contributed by atoms with van der Waals surface area (Å²) in [5.41, 5.74) is 3.34. The van der Waals surface area contributed by atoms with Crippen molar-refractivity contribution in [3.8, 4) is 5.75 Å². The second-order valence-electron chi connectivity index (χ2n) is 7.60. The number of aryl methyl sites for hydroxylation is 2. The maximum absolute atomic E-state index is 12.6. The van der Waals surface area contributed by atoms with E-state index in [1.165, 1.54) is 10.5 Å². The van der Waals surface area contributed by atoms with E-state index in [1.807, 2.05) is 30.3 Å². The van der Waals surface area contributed by atoms with Crippen LogP contribution >= 0.6 is 0 Å². The fourth-order valence-electron chi connectivity index (χ4n) is 3.83. The summed E-state index contributed by atoms with van der Waals surface area (Å²) >= 11 is 0. The summed E-state index contributed by atoms with van der Waals surface area (Å²) in [7, 11) is 0. The highest BCUT2D eigenvalue weighted by Crippen LogP contribution is 2.20. The van der Waals surface area contributed by atoms with Gasteiger partial charge >= 0.3 is 0 Å². The lowest BCUT2D eigenvalue weighted by molar-refractivity contribution is -1.01. The zero-order valence-electron chi connectivity index (χ0n) is 17.1. The molecule has 0 saturated carbocycles. The molecule has 150 valence electrons. The molecule has 1 aliphatic heterocycles. The number of hydrogen-bond donors (Lipinski definition) is 3. The molecule has 1 fully saturated rings. The SMILES string of the molecule is CCc1cccc(C)c1NC(=O)C[NH+]1CC[NH+](CCOc2ccccc2)CC1. The van der Waals surface area contributed by atoms with Gasteiger partial charge in [0.25, 0.3) is 5.91 Å². The van der Waals surface area contributed by atoms with E-state index in [0.29, 0.717) is 6.54 Å². The van der Waals surface area contributed by atoms with Crippen LogP contribution in [0.4, 0.5) is 5.69 Å². The minimum Gasteiger partial charge on any atom is -0.488 e. The first-order valence-corrected chi connectivity index (χ1v) is 10.4. The third-order valence-electron chi connectivity index (χ3n) is 5.55. The van der Waals surface area contributed by atoms with Crippen LogP contribution in [0, 0.1) is 6.92 Å². The van der Waals surface area contributed by atoms with Gasteiger partial charge in [0.2, 0.25) is 0 Å². The molecule has 3 N–H and O–H groups in total. The molecular formula is C23H33N3O2+2. The van der Waals surface area contributed by atoms with Crippen LogP contribution in [-0.4, -0.2) is 51.8 Å². The maximum Gasteiger partial charge on any atom is 0.279 e. The third kappa shape index (κ3) is 5.81. The van der Waals surface area contributed by atoms with Gasteiger partial charge in [0.15, 0.2) is 6.54 Å². The maximum atomic E-state index is 12.6. The molecule has 1 amide bonds. The fraction of sp³-hybridized carbons (Fsp3) is 0.435. The van der Waals surface area contributed by atoms with E-state index >= 15 is 0 Å². The van der Waals surface area contributed by atoms with Crippen LogP contribution < -0.4 is 19.9 Å². The molecular weight excluding hydrogens is 350 g/mol. The Labute approximate surface area is 168 Å². The highest BCUT2D eigenvalue weighted by Gasteiger charge is 2.25. The molecule has 28 heavy (non-hydrogen) atoms. The number of amides is 1. The van der Waals surface area contributed by atoms with Crippen molar-refractivity contribution in [2.24, 2.45) is 0 Å². The minimum atomic E-state index is 0.120. The number of anilines is 1. The normalized spacial score (nSPS) is 19.2. The Hall–Kier alpha value is -2.37. The molecule has 0 bridgehead atoms. The van der Waals surface area contributed by atoms with E-state index in [0.717, 1.165) is 62.8 Å². The van der Waals surface area contributed by atoms with Crippen LogP contribution in [0.15, 0.2) is 48.5 Å². The molecule has 5 heteroatoms. The molecule has 0 spiro atoms. The lowest BCUT2D eigenvalue weighted by Crippen LogP contribution is -3.28. The van der Waals surface area contributed by atoms with Gasteiger partial charge in [-0.1, -0.05) is 43.3 Å². The summed E-state index contributed by atoms with van der Waals surface area (Å²) in [6.45, 7) is 10.7. The van der Waals surface area contributed by atoms with Crippen molar-refractivity contribution in [2.75, 3.05) is 51.2 Å². The number of carbonyl (C=O) groups excluding carboxylic acids is 1. The van der Waals surface area contributed by atoms with Gasteiger partial charge in [-0.25, -0.2) is 0 Å². The number of quaternary nitrogens is 2. The van der Waals surface area contributed by atoms with Crippen molar-refractivity contribution in [1.29, 1.82) is 0 Å². The Morgan fingerprint density at radius 1 is 1.00 bits per heavy atom. The molecule has 0 aliphatic carbocycles. The molecule has 1 heterocycles. The summed E-state index contributed by atoms with van der Waals surface area (Å²) in [5, 5.41) is 3.15. The average Bonchev–Trinajstić information content (AvgIpc) is 2.71. The number of carbonyl (C=O) groups is 1. The van der Waals surface area contributed by atoms with Gasteiger partial charge in [0, 0.05) is 5.69 Å². The van der Waals surface area contributed by atoms with E-state index < -0.39 is 0 Å². The Kier molecular flexibility index (Phi) is 7.46. The zero-order chi connectivity index (χ0) is 19.8. The fourth-order valence-corrected chi connectivity index (χ4v) is 3.83. The molecule has 2 aromatic carbocycles. The van der Waals surface area contributed by atoms with E-state index in [-0.39, 0.29) is 5.91 Å². The van der Waals surface area contributed by atoms with Crippen molar-refractivity contribution in [3.05, 3.63) is 59.7 Å². The van der Waals surface area contributed by atoms with Crippen molar-refractivity contribution in [2.45, 2.75) is 20.3 Å². The van der Waals surface area contributed by atoms with Crippen LogP contribution in [0.1, 0.15) is 18.1 Å². The monoisotopic (exact) mass is 383 g/mol. The van der Waals surface area contributed by atoms with Gasteiger partial charge in [0.05, 0.1) is 0 Å². The zero-order valence-corrected chi connectivity index (χ0v) is 17.1. The number of benzene rings is 2. The number of piperazine rings is 1. The van der Waals surface area contributed by atoms with E-state index in [9.17, 15) is 4.79 Å². The van der Waals surface area contributed by atoms with Crippen molar-refractivity contribution < 1.29 is 19.3 Å². The van der Waals surface area contributed by atoms with Crippen molar-refractivity contribution in [3.63, 3.8) is 0 Å². The number of hydrogen-bond acceptors (Lipinski definition) is 2. The first-order chi connectivity index (χ1) is 13.7. The predicted molar refractivity (Wildman–Crippen MR) is 112 cm³/mol. The molecule has 3 rings (SSSR count). The van der Waals surface area contributed by atoms with Crippen molar-refractivity contribution in [1.82, 2.24) is 0 Å². The Morgan fingerprint density at radius 3 is 2.43 bits per heavy atom. The van der Waals surface area contributed by atoms with Crippen LogP contribution in [0.25, 0.3) is 0 Å². The second-order valence-corrected chi connectivity index (χ2v) is 7.60. The van der Waals surface area contributed by atoms with Gasteiger partial charge in [0.1, 0.15) is 45.1 Å².